The van der Waals surface area contributed by atoms with Crippen LogP contribution in [0.25, 0.3) is 0 Å². The Hall–Kier alpha value is -2.70. The Bertz CT molecular complexity index is 816. The number of carbonyl (C=O) groups excluding carboxylic acids is 1. The van der Waals surface area contributed by atoms with Gasteiger partial charge < -0.3 is 15.2 Å². The van der Waals surface area contributed by atoms with Gasteiger partial charge in [-0.2, -0.15) is 4.98 Å². The van der Waals surface area contributed by atoms with E-state index in [2.05, 4.69) is 16.7 Å². The maximum atomic E-state index is 13.0. The van der Waals surface area contributed by atoms with Gasteiger partial charge in [0.15, 0.2) is 5.82 Å². The maximum absolute atomic E-state index is 13.0. The quantitative estimate of drug-likeness (QED) is 0.453. The van der Waals surface area contributed by atoms with E-state index in [9.17, 15) is 9.18 Å². The number of aromatic nitrogens is 2. The van der Waals surface area contributed by atoms with E-state index in [1.54, 1.807) is 17.0 Å². The largest absolute Gasteiger partial charge is 0.399 e. The van der Waals surface area contributed by atoms with Gasteiger partial charge in [0.2, 0.25) is 11.8 Å². The van der Waals surface area contributed by atoms with Crippen LogP contribution in [0.5, 0.6) is 0 Å². The molecule has 0 radical (unpaired) electrons. The van der Waals surface area contributed by atoms with E-state index in [1.807, 2.05) is 12.1 Å². The van der Waals surface area contributed by atoms with E-state index in [0.717, 1.165) is 50.0 Å². The summed E-state index contributed by atoms with van der Waals surface area (Å²) in [5.41, 5.74) is 7.18. The number of nitrogen functional groups attached to an aromatic ring is 1. The van der Waals surface area contributed by atoms with Crippen molar-refractivity contribution in [1.29, 1.82) is 0 Å². The second-order valence-corrected chi connectivity index (χ2v) is 7.29. The average Bonchev–Trinajstić information content (AvgIpc) is 3.41. The first-order valence-electron chi connectivity index (χ1n) is 9.84. The molecule has 0 unspecified atom stereocenters. The fourth-order valence-electron chi connectivity index (χ4n) is 3.07. The van der Waals surface area contributed by atoms with Crippen molar-refractivity contribution in [2.24, 2.45) is 0 Å². The number of rotatable bonds is 11. The van der Waals surface area contributed by atoms with E-state index >= 15 is 0 Å². The number of carbonyl (C=O) groups is 1. The summed E-state index contributed by atoms with van der Waals surface area (Å²) in [4.78, 5) is 18.7. The molecule has 1 aromatic carbocycles. The first-order valence-corrected chi connectivity index (χ1v) is 9.84. The van der Waals surface area contributed by atoms with Crippen molar-refractivity contribution < 1.29 is 13.7 Å². The van der Waals surface area contributed by atoms with Crippen LogP contribution in [0.3, 0.4) is 0 Å². The lowest BCUT2D eigenvalue weighted by atomic mass is 10.1. The van der Waals surface area contributed by atoms with Gasteiger partial charge in [-0.1, -0.05) is 24.2 Å². The lowest BCUT2D eigenvalue weighted by Gasteiger charge is -2.23. The Morgan fingerprint density at radius 1 is 1.29 bits per heavy atom. The molecule has 0 bridgehead atoms. The number of amides is 1. The molecule has 150 valence electrons. The van der Waals surface area contributed by atoms with E-state index in [-0.39, 0.29) is 18.7 Å². The third-order valence-electron chi connectivity index (χ3n) is 4.79. The normalized spacial score (nSPS) is 13.5. The van der Waals surface area contributed by atoms with Gasteiger partial charge in [0, 0.05) is 43.1 Å². The smallest absolute Gasteiger partial charge is 0.227 e. The van der Waals surface area contributed by atoms with Crippen molar-refractivity contribution in [1.82, 2.24) is 10.1 Å². The molecule has 0 atom stereocenters. The highest BCUT2D eigenvalue weighted by Crippen LogP contribution is 2.38. The van der Waals surface area contributed by atoms with Gasteiger partial charge in [-0.05, 0) is 43.9 Å². The summed E-state index contributed by atoms with van der Waals surface area (Å²) >= 11 is 0. The summed E-state index contributed by atoms with van der Waals surface area (Å²) < 4.78 is 18.2. The number of nitrogens with zero attached hydrogens (tertiary/aromatic N) is 3. The van der Waals surface area contributed by atoms with Crippen molar-refractivity contribution in [3.63, 3.8) is 0 Å². The predicted octanol–water partition coefficient (Wildman–Crippen LogP) is 4.54. The van der Waals surface area contributed by atoms with Crippen molar-refractivity contribution >= 4 is 17.3 Å². The molecule has 1 aromatic heterocycles. The molecule has 6 nitrogen and oxygen atoms in total. The molecule has 1 fully saturated rings. The monoisotopic (exact) mass is 386 g/mol. The van der Waals surface area contributed by atoms with E-state index in [4.69, 9.17) is 10.3 Å². The van der Waals surface area contributed by atoms with Gasteiger partial charge in [0.05, 0.1) is 5.83 Å². The molecular formula is C21H27FN4O2. The van der Waals surface area contributed by atoms with Crippen LogP contribution in [-0.4, -0.2) is 22.6 Å². The van der Waals surface area contributed by atoms with Gasteiger partial charge >= 0.3 is 0 Å². The Morgan fingerprint density at radius 2 is 2.11 bits per heavy atom. The summed E-state index contributed by atoms with van der Waals surface area (Å²) in [6, 6.07) is 7.19. The van der Waals surface area contributed by atoms with Crippen molar-refractivity contribution in [2.45, 2.75) is 57.3 Å². The molecule has 0 saturated heterocycles. The van der Waals surface area contributed by atoms with Crippen molar-refractivity contribution in [3.8, 4) is 0 Å². The molecule has 1 aliphatic carbocycles. The molecule has 7 heteroatoms. The molecule has 2 aromatic rings. The highest BCUT2D eigenvalue weighted by Gasteiger charge is 2.28. The first-order chi connectivity index (χ1) is 13.5. The van der Waals surface area contributed by atoms with Crippen LogP contribution < -0.4 is 10.6 Å². The summed E-state index contributed by atoms with van der Waals surface area (Å²) in [5.74, 6) is 1.41. The zero-order chi connectivity index (χ0) is 19.9. The summed E-state index contributed by atoms with van der Waals surface area (Å²) in [6.07, 6.45) is 5.84. The molecular weight excluding hydrogens is 359 g/mol. The number of anilines is 2. The van der Waals surface area contributed by atoms with E-state index in [1.165, 1.54) is 0 Å². The fourth-order valence-corrected chi connectivity index (χ4v) is 3.07. The van der Waals surface area contributed by atoms with Crippen molar-refractivity contribution in [2.75, 3.05) is 17.2 Å². The van der Waals surface area contributed by atoms with Crippen LogP contribution in [0.1, 0.15) is 62.6 Å². The molecule has 1 aliphatic rings. The lowest BCUT2D eigenvalue weighted by Crippen LogP contribution is -2.31. The highest BCUT2D eigenvalue weighted by molar-refractivity contribution is 5.93. The molecule has 1 saturated carbocycles. The van der Waals surface area contributed by atoms with Crippen LogP contribution in [0, 0.1) is 0 Å². The SMILES string of the molecule is C=C(F)CCC(=O)N(CCCCCc1nc(C2CC2)no1)c1cccc(N)c1. The third kappa shape index (κ3) is 5.90. The second-order valence-electron chi connectivity index (χ2n) is 7.29. The van der Waals surface area contributed by atoms with E-state index in [0.29, 0.717) is 24.0 Å². The standard InChI is InChI=1S/C21H27FN4O2/c1-15(22)9-12-20(27)26(18-7-5-6-17(23)14-18)13-4-2-3-8-19-24-21(25-28-19)16-10-11-16/h5-7,14,16H,1-4,8-13,23H2. The minimum Gasteiger partial charge on any atom is -0.399 e. The average molecular weight is 386 g/mol. The Labute approximate surface area is 164 Å². The lowest BCUT2D eigenvalue weighted by molar-refractivity contribution is -0.118. The molecule has 1 heterocycles. The minimum absolute atomic E-state index is 0.0398. The molecule has 28 heavy (non-hydrogen) atoms. The number of hydrogen-bond donors (Lipinski definition) is 1. The van der Waals surface area contributed by atoms with Crippen molar-refractivity contribution in [3.05, 3.63) is 48.4 Å². The number of unbranched alkanes of at least 4 members (excludes halogenated alkanes) is 2. The van der Waals surface area contributed by atoms with Gasteiger partial charge in [-0.15, -0.1) is 0 Å². The van der Waals surface area contributed by atoms with Gasteiger partial charge in [0.1, 0.15) is 0 Å². The zero-order valence-corrected chi connectivity index (χ0v) is 16.1. The van der Waals surface area contributed by atoms with Gasteiger partial charge in [-0.25, -0.2) is 4.39 Å². The zero-order valence-electron chi connectivity index (χ0n) is 16.1. The molecule has 0 spiro atoms. The summed E-state index contributed by atoms with van der Waals surface area (Å²) in [7, 11) is 0. The van der Waals surface area contributed by atoms with Gasteiger partial charge in [0.25, 0.3) is 0 Å². The van der Waals surface area contributed by atoms with Crippen LogP contribution in [-0.2, 0) is 11.2 Å². The fraction of sp³-hybridized carbons (Fsp3) is 0.476. The Balaban J connectivity index is 1.48. The number of aryl methyl sites for hydroxylation is 1. The van der Waals surface area contributed by atoms with Crippen LogP contribution in [0.4, 0.5) is 15.8 Å². The molecule has 0 aliphatic heterocycles. The van der Waals surface area contributed by atoms with Gasteiger partial charge in [-0.3, -0.25) is 4.79 Å². The van der Waals surface area contributed by atoms with Crippen LogP contribution >= 0.6 is 0 Å². The molecule has 2 N–H and O–H groups in total. The minimum atomic E-state index is -0.481. The van der Waals surface area contributed by atoms with Crippen LogP contribution in [0.15, 0.2) is 41.2 Å². The van der Waals surface area contributed by atoms with E-state index < -0.39 is 5.83 Å². The molecule has 1 amide bonds. The second kappa shape index (κ2) is 9.48. The number of benzene rings is 1. The molecule has 3 rings (SSSR count). The number of hydrogen-bond acceptors (Lipinski definition) is 5. The Morgan fingerprint density at radius 3 is 2.82 bits per heavy atom. The topological polar surface area (TPSA) is 85.2 Å². The predicted molar refractivity (Wildman–Crippen MR) is 107 cm³/mol. The Kier molecular flexibility index (Phi) is 6.79. The maximum Gasteiger partial charge on any atom is 0.227 e. The number of allylic oxidation sites excluding steroid dienone is 1. The first kappa shape index (κ1) is 20.0. The highest BCUT2D eigenvalue weighted by atomic mass is 19.1. The van der Waals surface area contributed by atoms with Crippen LogP contribution in [0.2, 0.25) is 0 Å². The number of halogens is 1. The summed E-state index contributed by atoms with van der Waals surface area (Å²) in [6.45, 7) is 3.78. The number of nitrogens with two attached hydrogens (primary N) is 1. The summed E-state index contributed by atoms with van der Waals surface area (Å²) in [5, 5.41) is 4.02. The third-order valence-corrected chi connectivity index (χ3v) is 4.79.